The minimum Gasteiger partial charge on any atom is -0.350 e. The maximum absolute atomic E-state index is 12.1. The molecule has 3 fully saturated rings. The van der Waals surface area contributed by atoms with Gasteiger partial charge in [0.2, 0.25) is 5.91 Å². The first-order valence-corrected chi connectivity index (χ1v) is 7.12. The van der Waals surface area contributed by atoms with E-state index in [2.05, 4.69) is 15.5 Å². The van der Waals surface area contributed by atoms with Crippen LogP contribution in [0.2, 0.25) is 0 Å². The van der Waals surface area contributed by atoms with E-state index >= 15 is 0 Å². The fourth-order valence-electron chi connectivity index (χ4n) is 3.61. The van der Waals surface area contributed by atoms with Gasteiger partial charge >= 0.3 is 0 Å². The highest BCUT2D eigenvalue weighted by atomic mass is 16.2. The quantitative estimate of drug-likeness (QED) is 0.734. The zero-order chi connectivity index (χ0) is 11.7. The Morgan fingerprint density at radius 1 is 1.12 bits per heavy atom. The van der Waals surface area contributed by atoms with E-state index in [9.17, 15) is 4.79 Å². The zero-order valence-electron chi connectivity index (χ0n) is 10.5. The molecule has 0 aromatic carbocycles. The lowest BCUT2D eigenvalue weighted by atomic mass is 9.99. The maximum atomic E-state index is 12.1. The molecule has 0 saturated carbocycles. The molecule has 3 saturated heterocycles. The SMILES string of the molecule is O=C(NC1CCN2CCCCC12)[C@H]1CCCN1. The van der Waals surface area contributed by atoms with Gasteiger partial charge in [0.1, 0.15) is 0 Å². The van der Waals surface area contributed by atoms with E-state index in [-0.39, 0.29) is 11.9 Å². The highest BCUT2D eigenvalue weighted by molar-refractivity contribution is 5.82. The van der Waals surface area contributed by atoms with Crippen LogP contribution >= 0.6 is 0 Å². The van der Waals surface area contributed by atoms with Gasteiger partial charge in [-0.1, -0.05) is 6.42 Å². The molecule has 3 rings (SSSR count). The van der Waals surface area contributed by atoms with Crippen molar-refractivity contribution in [1.29, 1.82) is 0 Å². The molecule has 1 amide bonds. The van der Waals surface area contributed by atoms with Crippen LogP contribution in [0.1, 0.15) is 38.5 Å². The molecule has 3 aliphatic rings. The second kappa shape index (κ2) is 4.94. The third kappa shape index (κ3) is 2.33. The normalized spacial score (nSPS) is 38.0. The molecule has 0 aromatic heterocycles. The maximum Gasteiger partial charge on any atom is 0.237 e. The third-order valence-electron chi connectivity index (χ3n) is 4.56. The average molecular weight is 237 g/mol. The van der Waals surface area contributed by atoms with Gasteiger partial charge in [-0.2, -0.15) is 0 Å². The number of amides is 1. The van der Waals surface area contributed by atoms with E-state index in [1.54, 1.807) is 0 Å². The summed E-state index contributed by atoms with van der Waals surface area (Å²) in [6.45, 7) is 3.41. The smallest absolute Gasteiger partial charge is 0.237 e. The number of hydrogen-bond donors (Lipinski definition) is 2. The van der Waals surface area contributed by atoms with Crippen molar-refractivity contribution >= 4 is 5.91 Å². The highest BCUT2D eigenvalue weighted by Crippen LogP contribution is 2.27. The molecule has 17 heavy (non-hydrogen) atoms. The van der Waals surface area contributed by atoms with Crippen LogP contribution in [0.25, 0.3) is 0 Å². The number of nitrogens with one attached hydrogen (secondary N) is 2. The average Bonchev–Trinajstić information content (AvgIpc) is 2.98. The Hall–Kier alpha value is -0.610. The molecule has 0 bridgehead atoms. The number of hydrogen-bond acceptors (Lipinski definition) is 3. The van der Waals surface area contributed by atoms with Gasteiger partial charge in [-0.3, -0.25) is 9.69 Å². The first-order chi connectivity index (χ1) is 8.34. The van der Waals surface area contributed by atoms with E-state index in [0.717, 1.165) is 25.8 Å². The van der Waals surface area contributed by atoms with E-state index in [0.29, 0.717) is 12.1 Å². The molecule has 0 radical (unpaired) electrons. The molecule has 3 heterocycles. The molecule has 2 unspecified atom stereocenters. The summed E-state index contributed by atoms with van der Waals surface area (Å²) in [6.07, 6.45) is 7.22. The summed E-state index contributed by atoms with van der Waals surface area (Å²) in [7, 11) is 0. The van der Waals surface area contributed by atoms with Gasteiger partial charge in [0, 0.05) is 18.6 Å². The Bertz CT molecular complexity index is 288. The van der Waals surface area contributed by atoms with Gasteiger partial charge in [0.05, 0.1) is 6.04 Å². The second-order valence-corrected chi connectivity index (χ2v) is 5.65. The van der Waals surface area contributed by atoms with Crippen LogP contribution in [0, 0.1) is 0 Å². The zero-order valence-corrected chi connectivity index (χ0v) is 10.5. The monoisotopic (exact) mass is 237 g/mol. The van der Waals surface area contributed by atoms with Crippen molar-refractivity contribution in [3.63, 3.8) is 0 Å². The van der Waals surface area contributed by atoms with Crippen LogP contribution < -0.4 is 10.6 Å². The van der Waals surface area contributed by atoms with Gasteiger partial charge in [-0.15, -0.1) is 0 Å². The molecule has 4 heteroatoms. The lowest BCUT2D eigenvalue weighted by molar-refractivity contribution is -0.123. The summed E-state index contributed by atoms with van der Waals surface area (Å²) >= 11 is 0. The molecule has 0 spiro atoms. The molecule has 0 aliphatic carbocycles. The molecular weight excluding hydrogens is 214 g/mol. The summed E-state index contributed by atoms with van der Waals surface area (Å²) in [5.74, 6) is 0.236. The van der Waals surface area contributed by atoms with E-state index < -0.39 is 0 Å². The number of carbonyl (C=O) groups is 1. The van der Waals surface area contributed by atoms with Gasteiger partial charge in [0.25, 0.3) is 0 Å². The van der Waals surface area contributed by atoms with Crippen LogP contribution in [-0.2, 0) is 4.79 Å². The number of nitrogens with zero attached hydrogens (tertiary/aromatic N) is 1. The first kappa shape index (κ1) is 11.5. The lowest BCUT2D eigenvalue weighted by Gasteiger charge is -2.32. The molecule has 3 aliphatic heterocycles. The van der Waals surface area contributed by atoms with Crippen LogP contribution in [0.15, 0.2) is 0 Å². The summed E-state index contributed by atoms with van der Waals surface area (Å²) in [6, 6.07) is 1.10. The molecule has 0 aromatic rings. The van der Waals surface area contributed by atoms with Crippen LogP contribution in [0.4, 0.5) is 0 Å². The van der Waals surface area contributed by atoms with Gasteiger partial charge < -0.3 is 10.6 Å². The van der Waals surface area contributed by atoms with Crippen molar-refractivity contribution in [2.75, 3.05) is 19.6 Å². The molecule has 3 atom stereocenters. The summed E-state index contributed by atoms with van der Waals surface area (Å²) in [5, 5.41) is 6.55. The summed E-state index contributed by atoms with van der Waals surface area (Å²) in [5.41, 5.74) is 0. The largest absolute Gasteiger partial charge is 0.350 e. The Balaban J connectivity index is 1.56. The standard InChI is InChI=1S/C13H23N3O/c17-13(11-4-3-7-14-11)15-10-6-9-16-8-2-1-5-12(10)16/h10-12,14H,1-9H2,(H,15,17)/t10?,11-,12?/m1/s1. The highest BCUT2D eigenvalue weighted by Gasteiger charge is 2.37. The van der Waals surface area contributed by atoms with E-state index in [1.807, 2.05) is 0 Å². The fourth-order valence-corrected chi connectivity index (χ4v) is 3.61. The Morgan fingerprint density at radius 2 is 2.06 bits per heavy atom. The Labute approximate surface area is 103 Å². The number of piperidine rings is 1. The third-order valence-corrected chi connectivity index (χ3v) is 4.56. The van der Waals surface area contributed by atoms with E-state index in [1.165, 1.54) is 32.4 Å². The second-order valence-electron chi connectivity index (χ2n) is 5.65. The predicted molar refractivity (Wildman–Crippen MR) is 66.8 cm³/mol. The minimum absolute atomic E-state index is 0.0765. The molecule has 96 valence electrons. The molecule has 4 nitrogen and oxygen atoms in total. The number of rotatable bonds is 2. The van der Waals surface area contributed by atoms with Crippen molar-refractivity contribution in [2.45, 2.75) is 56.7 Å². The van der Waals surface area contributed by atoms with Gasteiger partial charge in [-0.05, 0) is 45.2 Å². The Morgan fingerprint density at radius 3 is 2.88 bits per heavy atom. The topological polar surface area (TPSA) is 44.4 Å². The Kier molecular flexibility index (Phi) is 3.34. The van der Waals surface area contributed by atoms with Crippen LogP contribution in [0.5, 0.6) is 0 Å². The number of fused-ring (bicyclic) bond motifs is 1. The van der Waals surface area contributed by atoms with Crippen LogP contribution in [-0.4, -0.2) is 48.6 Å². The van der Waals surface area contributed by atoms with Crippen molar-refractivity contribution < 1.29 is 4.79 Å². The minimum atomic E-state index is 0.0765. The molecule has 2 N–H and O–H groups in total. The van der Waals surface area contributed by atoms with Crippen LogP contribution in [0.3, 0.4) is 0 Å². The first-order valence-electron chi connectivity index (χ1n) is 7.12. The summed E-state index contributed by atoms with van der Waals surface area (Å²) < 4.78 is 0. The molecular formula is C13H23N3O. The predicted octanol–water partition coefficient (Wildman–Crippen LogP) is 0.481. The van der Waals surface area contributed by atoms with Gasteiger partial charge in [-0.25, -0.2) is 0 Å². The lowest BCUT2D eigenvalue weighted by Crippen LogP contribution is -2.51. The van der Waals surface area contributed by atoms with Crippen molar-refractivity contribution in [3.8, 4) is 0 Å². The fraction of sp³-hybridized carbons (Fsp3) is 0.923. The van der Waals surface area contributed by atoms with Crippen molar-refractivity contribution in [3.05, 3.63) is 0 Å². The van der Waals surface area contributed by atoms with Crippen molar-refractivity contribution in [2.24, 2.45) is 0 Å². The number of carbonyl (C=O) groups excluding carboxylic acids is 1. The van der Waals surface area contributed by atoms with E-state index in [4.69, 9.17) is 0 Å². The van der Waals surface area contributed by atoms with Crippen molar-refractivity contribution in [1.82, 2.24) is 15.5 Å². The summed E-state index contributed by atoms with van der Waals surface area (Å²) in [4.78, 5) is 14.6. The van der Waals surface area contributed by atoms with Gasteiger partial charge in [0.15, 0.2) is 0 Å².